The van der Waals surface area contributed by atoms with Crippen LogP contribution in [0, 0.1) is 0 Å². The lowest BCUT2D eigenvalue weighted by Crippen LogP contribution is -2.30. The first-order valence-electron chi connectivity index (χ1n) is 9.49. The molecular formula is C20H25ClN4O2S. The number of carbonyl (C=O) groups is 2. The van der Waals surface area contributed by atoms with E-state index in [4.69, 9.17) is 17.3 Å². The average Bonchev–Trinajstić information content (AvgIpc) is 3.32. The van der Waals surface area contributed by atoms with Gasteiger partial charge in [-0.05, 0) is 63.0 Å². The highest BCUT2D eigenvalue weighted by molar-refractivity contribution is 7.15. The standard InChI is InChI=1S/C20H25ClN4O2S/c21-15-7-5-14(6-8-15)16-13-28-19(17(16)18(22)26)24-20(27)23-9-1-2-10-25-11-3-4-12-25/h5-8,13H,1-4,9-12H2,(H2,22,26)(H2,23,24,27). The smallest absolute Gasteiger partial charge is 0.319 e. The highest BCUT2D eigenvalue weighted by Gasteiger charge is 2.19. The Morgan fingerprint density at radius 3 is 2.54 bits per heavy atom. The van der Waals surface area contributed by atoms with Crippen LogP contribution in [0.15, 0.2) is 29.6 Å². The number of hydrogen-bond acceptors (Lipinski definition) is 4. The maximum atomic E-state index is 12.2. The Labute approximate surface area is 174 Å². The third-order valence-electron chi connectivity index (χ3n) is 4.81. The summed E-state index contributed by atoms with van der Waals surface area (Å²) in [5.41, 5.74) is 7.40. The van der Waals surface area contributed by atoms with Gasteiger partial charge in [-0.3, -0.25) is 10.1 Å². The molecule has 1 aliphatic rings. The molecule has 1 fully saturated rings. The van der Waals surface area contributed by atoms with Gasteiger partial charge in [0, 0.05) is 22.5 Å². The van der Waals surface area contributed by atoms with E-state index in [0.717, 1.165) is 24.9 Å². The quantitative estimate of drug-likeness (QED) is 0.560. The van der Waals surface area contributed by atoms with Gasteiger partial charge < -0.3 is 16.0 Å². The van der Waals surface area contributed by atoms with Crippen molar-refractivity contribution in [2.45, 2.75) is 25.7 Å². The van der Waals surface area contributed by atoms with E-state index in [-0.39, 0.29) is 6.03 Å². The Balaban J connectivity index is 1.53. The zero-order valence-corrected chi connectivity index (χ0v) is 17.2. The number of amides is 3. The van der Waals surface area contributed by atoms with Gasteiger partial charge in [-0.15, -0.1) is 11.3 Å². The monoisotopic (exact) mass is 420 g/mol. The maximum Gasteiger partial charge on any atom is 0.319 e. The van der Waals surface area contributed by atoms with E-state index >= 15 is 0 Å². The number of likely N-dealkylation sites (tertiary alicyclic amines) is 1. The summed E-state index contributed by atoms with van der Waals surface area (Å²) in [6.45, 7) is 4.07. The molecule has 0 spiro atoms. The third-order valence-corrected chi connectivity index (χ3v) is 5.95. The van der Waals surface area contributed by atoms with Gasteiger partial charge >= 0.3 is 6.03 Å². The first kappa shape index (κ1) is 20.6. The molecule has 4 N–H and O–H groups in total. The molecule has 0 radical (unpaired) electrons. The second kappa shape index (κ2) is 9.91. The van der Waals surface area contributed by atoms with Gasteiger partial charge in [0.2, 0.25) is 0 Å². The van der Waals surface area contributed by atoms with Gasteiger partial charge in [0.25, 0.3) is 5.91 Å². The summed E-state index contributed by atoms with van der Waals surface area (Å²) < 4.78 is 0. The van der Waals surface area contributed by atoms with E-state index in [0.29, 0.717) is 27.7 Å². The fourth-order valence-corrected chi connectivity index (χ4v) is 4.45. The molecule has 150 valence electrons. The van der Waals surface area contributed by atoms with Crippen molar-refractivity contribution >= 4 is 39.9 Å². The second-order valence-corrected chi connectivity index (χ2v) is 8.18. The summed E-state index contributed by atoms with van der Waals surface area (Å²) in [6.07, 6.45) is 4.57. The molecule has 1 aromatic heterocycles. The van der Waals surface area contributed by atoms with Gasteiger partial charge in [0.1, 0.15) is 5.00 Å². The Bertz CT molecular complexity index is 816. The molecule has 2 heterocycles. The number of nitrogens with one attached hydrogen (secondary N) is 2. The van der Waals surface area contributed by atoms with Crippen molar-refractivity contribution in [3.63, 3.8) is 0 Å². The Morgan fingerprint density at radius 2 is 1.86 bits per heavy atom. The predicted octanol–water partition coefficient (Wildman–Crippen LogP) is 4.16. The molecule has 1 saturated heterocycles. The first-order chi connectivity index (χ1) is 13.5. The number of thiophene rings is 1. The van der Waals surface area contributed by atoms with Crippen LogP contribution in [0.3, 0.4) is 0 Å². The third kappa shape index (κ3) is 5.47. The SMILES string of the molecule is NC(=O)c1c(-c2ccc(Cl)cc2)csc1NC(=O)NCCCCN1CCCC1. The van der Waals surface area contributed by atoms with Gasteiger partial charge in [-0.2, -0.15) is 0 Å². The number of unbranched alkanes of at least 4 members (excludes halogenated alkanes) is 1. The second-order valence-electron chi connectivity index (χ2n) is 6.86. The molecule has 6 nitrogen and oxygen atoms in total. The van der Waals surface area contributed by atoms with Gasteiger partial charge in [0.05, 0.1) is 5.56 Å². The van der Waals surface area contributed by atoms with E-state index in [2.05, 4.69) is 15.5 Å². The average molecular weight is 421 g/mol. The van der Waals surface area contributed by atoms with E-state index in [1.165, 1.54) is 37.3 Å². The van der Waals surface area contributed by atoms with Crippen LogP contribution in [-0.4, -0.2) is 43.0 Å². The summed E-state index contributed by atoms with van der Waals surface area (Å²) in [4.78, 5) is 26.6. The van der Waals surface area contributed by atoms with Crippen LogP contribution in [0.25, 0.3) is 11.1 Å². The molecule has 2 aromatic rings. The molecule has 0 aliphatic carbocycles. The number of halogens is 1. The lowest BCUT2D eigenvalue weighted by Gasteiger charge is -2.14. The zero-order valence-electron chi connectivity index (χ0n) is 15.7. The molecule has 1 aliphatic heterocycles. The van der Waals surface area contributed by atoms with Crippen molar-refractivity contribution in [1.82, 2.24) is 10.2 Å². The minimum atomic E-state index is -0.577. The van der Waals surface area contributed by atoms with Crippen molar-refractivity contribution in [3.8, 4) is 11.1 Å². The van der Waals surface area contributed by atoms with Gasteiger partial charge in [0.15, 0.2) is 0 Å². The number of urea groups is 1. The number of nitrogens with zero attached hydrogens (tertiary/aromatic N) is 1. The molecular weight excluding hydrogens is 396 g/mol. The van der Waals surface area contributed by atoms with Crippen LogP contribution in [0.5, 0.6) is 0 Å². The van der Waals surface area contributed by atoms with E-state index in [1.54, 1.807) is 12.1 Å². The summed E-state index contributed by atoms with van der Waals surface area (Å²) in [5.74, 6) is -0.577. The van der Waals surface area contributed by atoms with Crippen molar-refractivity contribution in [2.24, 2.45) is 5.73 Å². The number of rotatable bonds is 8. The molecule has 1 aromatic carbocycles. The maximum absolute atomic E-state index is 12.2. The normalized spacial score (nSPS) is 14.2. The topological polar surface area (TPSA) is 87.5 Å². The van der Waals surface area contributed by atoms with Gasteiger partial charge in [-0.1, -0.05) is 23.7 Å². The van der Waals surface area contributed by atoms with E-state index < -0.39 is 5.91 Å². The van der Waals surface area contributed by atoms with Crippen molar-refractivity contribution < 1.29 is 9.59 Å². The number of benzene rings is 1. The largest absolute Gasteiger partial charge is 0.365 e. The highest BCUT2D eigenvalue weighted by Crippen LogP contribution is 2.35. The van der Waals surface area contributed by atoms with Crippen LogP contribution in [-0.2, 0) is 0 Å². The van der Waals surface area contributed by atoms with Crippen molar-refractivity contribution in [3.05, 3.63) is 40.2 Å². The van der Waals surface area contributed by atoms with E-state index in [9.17, 15) is 9.59 Å². The fourth-order valence-electron chi connectivity index (χ4n) is 3.35. The highest BCUT2D eigenvalue weighted by atomic mass is 35.5. The number of nitrogens with two attached hydrogens (primary N) is 1. The minimum absolute atomic E-state index is 0.316. The van der Waals surface area contributed by atoms with Crippen LogP contribution in [0.1, 0.15) is 36.0 Å². The van der Waals surface area contributed by atoms with Crippen LogP contribution in [0.4, 0.5) is 9.80 Å². The summed E-state index contributed by atoms with van der Waals surface area (Å²) in [6, 6.07) is 6.82. The molecule has 8 heteroatoms. The molecule has 0 atom stereocenters. The van der Waals surface area contributed by atoms with E-state index in [1.807, 2.05) is 17.5 Å². The zero-order chi connectivity index (χ0) is 19.9. The van der Waals surface area contributed by atoms with Crippen LogP contribution >= 0.6 is 22.9 Å². The summed E-state index contributed by atoms with van der Waals surface area (Å²) >= 11 is 7.21. The fraction of sp³-hybridized carbons (Fsp3) is 0.400. The molecule has 0 bridgehead atoms. The van der Waals surface area contributed by atoms with Crippen LogP contribution in [0.2, 0.25) is 5.02 Å². The van der Waals surface area contributed by atoms with Crippen LogP contribution < -0.4 is 16.4 Å². The molecule has 3 rings (SSSR count). The Morgan fingerprint density at radius 1 is 1.14 bits per heavy atom. The summed E-state index contributed by atoms with van der Waals surface area (Å²) in [5, 5.41) is 8.48. The van der Waals surface area contributed by atoms with Crippen molar-refractivity contribution in [1.29, 1.82) is 0 Å². The Hall–Kier alpha value is -2.09. The lowest BCUT2D eigenvalue weighted by atomic mass is 10.0. The lowest BCUT2D eigenvalue weighted by molar-refractivity contribution is 0.100. The minimum Gasteiger partial charge on any atom is -0.365 e. The Kier molecular flexibility index (Phi) is 7.30. The number of carbonyl (C=O) groups excluding carboxylic acids is 2. The summed E-state index contributed by atoms with van der Waals surface area (Å²) in [7, 11) is 0. The number of primary amides is 1. The number of anilines is 1. The predicted molar refractivity (Wildman–Crippen MR) is 115 cm³/mol. The first-order valence-corrected chi connectivity index (χ1v) is 10.7. The number of hydrogen-bond donors (Lipinski definition) is 3. The molecule has 0 unspecified atom stereocenters. The van der Waals surface area contributed by atoms with Crippen molar-refractivity contribution in [2.75, 3.05) is 31.5 Å². The molecule has 28 heavy (non-hydrogen) atoms. The molecule has 3 amide bonds. The molecule has 0 saturated carbocycles. The van der Waals surface area contributed by atoms with Gasteiger partial charge in [-0.25, -0.2) is 4.79 Å².